The van der Waals surface area contributed by atoms with Crippen LogP contribution in [0.25, 0.3) is 22.0 Å². The van der Waals surface area contributed by atoms with Gasteiger partial charge in [-0.05, 0) is 49.6 Å². The highest BCUT2D eigenvalue weighted by Crippen LogP contribution is 2.33. The molecule has 10 heteroatoms. The van der Waals surface area contributed by atoms with Crippen molar-refractivity contribution in [3.63, 3.8) is 0 Å². The molecule has 7 nitrogen and oxygen atoms in total. The minimum atomic E-state index is -3.84. The van der Waals surface area contributed by atoms with E-state index in [1.54, 1.807) is 6.07 Å². The Morgan fingerprint density at radius 2 is 2.00 bits per heavy atom. The maximum Gasteiger partial charge on any atom is 0.236 e. The number of nitrogens with one attached hydrogen (secondary N) is 2. The fraction of sp³-hybridized carbons (Fsp3) is 0.300. The van der Waals surface area contributed by atoms with Gasteiger partial charge in [0.2, 0.25) is 16.0 Å². The number of fused-ring (bicyclic) bond motifs is 1. The minimum absolute atomic E-state index is 0.0932. The summed E-state index contributed by atoms with van der Waals surface area (Å²) in [6.07, 6.45) is 2.62. The highest BCUT2D eigenvalue weighted by molar-refractivity contribution is 7.93. The summed E-state index contributed by atoms with van der Waals surface area (Å²) in [6, 6.07) is 6.98. The monoisotopic (exact) mass is 433 g/mol. The number of nitrogen functional groups attached to an aromatic ring is 1. The number of rotatable bonds is 4. The molecule has 0 saturated carbocycles. The zero-order valence-corrected chi connectivity index (χ0v) is 17.0. The average Bonchev–Trinajstić information content (AvgIpc) is 2.70. The van der Waals surface area contributed by atoms with Gasteiger partial charge in [-0.3, -0.25) is 4.72 Å². The second-order valence-electron chi connectivity index (χ2n) is 7.44. The first-order valence-electron chi connectivity index (χ1n) is 9.50. The van der Waals surface area contributed by atoms with E-state index in [1.807, 2.05) is 6.92 Å². The molecule has 30 heavy (non-hydrogen) atoms. The summed E-state index contributed by atoms with van der Waals surface area (Å²) in [6.45, 7) is 2.26. The molecule has 1 aliphatic heterocycles. The molecule has 3 aromatic rings. The summed E-state index contributed by atoms with van der Waals surface area (Å²) in [5.41, 5.74) is 5.70. The Kier molecular flexibility index (Phi) is 5.29. The van der Waals surface area contributed by atoms with Crippen molar-refractivity contribution in [2.75, 3.05) is 17.0 Å². The summed E-state index contributed by atoms with van der Waals surface area (Å²) in [7, 11) is -3.84. The van der Waals surface area contributed by atoms with Crippen molar-refractivity contribution in [2.45, 2.75) is 31.1 Å². The van der Waals surface area contributed by atoms with Crippen LogP contribution in [0.4, 0.5) is 20.4 Å². The van der Waals surface area contributed by atoms with Gasteiger partial charge in [-0.15, -0.1) is 0 Å². The molecule has 4 rings (SSSR count). The zero-order valence-electron chi connectivity index (χ0n) is 16.2. The molecule has 0 spiro atoms. The first kappa shape index (κ1) is 20.4. The molecule has 158 valence electrons. The van der Waals surface area contributed by atoms with Gasteiger partial charge < -0.3 is 11.1 Å². The van der Waals surface area contributed by atoms with Crippen LogP contribution in [0.1, 0.15) is 19.8 Å². The molecule has 4 N–H and O–H groups in total. The van der Waals surface area contributed by atoms with Crippen LogP contribution in [0.15, 0.2) is 36.5 Å². The number of hydrogen-bond acceptors (Lipinski definition) is 6. The molecule has 0 radical (unpaired) electrons. The number of halogens is 2. The maximum absolute atomic E-state index is 15.2. The molecule has 1 saturated heterocycles. The molecular weight excluding hydrogens is 412 g/mol. The second-order valence-corrected chi connectivity index (χ2v) is 9.40. The van der Waals surface area contributed by atoms with Crippen molar-refractivity contribution < 1.29 is 17.2 Å². The van der Waals surface area contributed by atoms with E-state index in [4.69, 9.17) is 5.73 Å². The van der Waals surface area contributed by atoms with Gasteiger partial charge in [0.15, 0.2) is 5.82 Å². The first-order valence-corrected chi connectivity index (χ1v) is 11.0. The predicted molar refractivity (Wildman–Crippen MR) is 112 cm³/mol. The second kappa shape index (κ2) is 7.77. The van der Waals surface area contributed by atoms with Gasteiger partial charge in [0.1, 0.15) is 5.82 Å². The minimum Gasteiger partial charge on any atom is -0.368 e. The number of piperidine rings is 1. The lowest BCUT2D eigenvalue weighted by Crippen LogP contribution is -2.45. The largest absolute Gasteiger partial charge is 0.368 e. The Morgan fingerprint density at radius 3 is 2.73 bits per heavy atom. The van der Waals surface area contributed by atoms with Crippen LogP contribution >= 0.6 is 0 Å². The van der Waals surface area contributed by atoms with E-state index < -0.39 is 26.9 Å². The van der Waals surface area contributed by atoms with Crippen LogP contribution in [0.5, 0.6) is 0 Å². The molecule has 2 heterocycles. The molecule has 1 aromatic heterocycles. The Morgan fingerprint density at radius 1 is 1.20 bits per heavy atom. The fourth-order valence-electron chi connectivity index (χ4n) is 3.57. The van der Waals surface area contributed by atoms with Crippen LogP contribution in [0.3, 0.4) is 0 Å². The van der Waals surface area contributed by atoms with Crippen LogP contribution < -0.4 is 15.8 Å². The number of benzene rings is 2. The van der Waals surface area contributed by atoms with E-state index in [9.17, 15) is 12.8 Å². The van der Waals surface area contributed by atoms with Gasteiger partial charge in [0.05, 0.1) is 22.0 Å². The fourth-order valence-corrected chi connectivity index (χ4v) is 4.97. The quantitative estimate of drug-likeness (QED) is 0.583. The Balaban J connectivity index is 1.69. The third-order valence-corrected chi connectivity index (χ3v) is 7.07. The molecule has 0 aliphatic carbocycles. The predicted octanol–water partition coefficient (Wildman–Crippen LogP) is 3.04. The van der Waals surface area contributed by atoms with Crippen molar-refractivity contribution in [3.05, 3.63) is 48.2 Å². The highest BCUT2D eigenvalue weighted by atomic mass is 32.2. The molecule has 0 amide bonds. The normalized spacial score (nSPS) is 19.7. The van der Waals surface area contributed by atoms with Crippen molar-refractivity contribution >= 4 is 32.6 Å². The van der Waals surface area contributed by atoms with Gasteiger partial charge in [0.25, 0.3) is 0 Å². The topological polar surface area (TPSA) is 110 Å². The third kappa shape index (κ3) is 3.92. The molecule has 1 aliphatic rings. The SMILES string of the molecule is CC1CCC(S(=O)(=O)Nc2ccc(F)c(-c3ccc4nc(N)ncc4c3)c2F)CN1. The number of sulfonamides is 1. The van der Waals surface area contributed by atoms with E-state index in [-0.39, 0.29) is 35.3 Å². The summed E-state index contributed by atoms with van der Waals surface area (Å²) >= 11 is 0. The van der Waals surface area contributed by atoms with E-state index in [0.717, 1.165) is 12.1 Å². The molecule has 1 fully saturated rings. The van der Waals surface area contributed by atoms with Gasteiger partial charge >= 0.3 is 0 Å². The van der Waals surface area contributed by atoms with Gasteiger partial charge in [0, 0.05) is 24.2 Å². The summed E-state index contributed by atoms with van der Waals surface area (Å²) in [4.78, 5) is 7.95. The zero-order chi connectivity index (χ0) is 21.5. The lowest BCUT2D eigenvalue weighted by atomic mass is 10.0. The lowest BCUT2D eigenvalue weighted by molar-refractivity contribution is 0.420. The van der Waals surface area contributed by atoms with E-state index >= 15 is 4.39 Å². The number of hydrogen-bond donors (Lipinski definition) is 3. The number of anilines is 2. The van der Waals surface area contributed by atoms with E-state index in [0.29, 0.717) is 23.7 Å². The van der Waals surface area contributed by atoms with E-state index in [1.165, 1.54) is 18.3 Å². The maximum atomic E-state index is 15.2. The van der Waals surface area contributed by atoms with Crippen LogP contribution in [0.2, 0.25) is 0 Å². The number of nitrogens with two attached hydrogens (primary N) is 1. The van der Waals surface area contributed by atoms with Crippen molar-refractivity contribution in [3.8, 4) is 11.1 Å². The molecule has 2 aromatic carbocycles. The first-order chi connectivity index (χ1) is 14.2. The smallest absolute Gasteiger partial charge is 0.236 e. The summed E-state index contributed by atoms with van der Waals surface area (Å²) < 4.78 is 57.5. The number of nitrogens with zero attached hydrogens (tertiary/aromatic N) is 2. The van der Waals surface area contributed by atoms with E-state index in [2.05, 4.69) is 20.0 Å². The molecule has 2 atom stereocenters. The number of aromatic nitrogens is 2. The van der Waals surface area contributed by atoms with Crippen molar-refractivity contribution in [1.82, 2.24) is 15.3 Å². The Labute approximate surface area is 172 Å². The highest BCUT2D eigenvalue weighted by Gasteiger charge is 2.30. The van der Waals surface area contributed by atoms with Gasteiger partial charge in [-0.25, -0.2) is 27.2 Å². The van der Waals surface area contributed by atoms with Gasteiger partial charge in [-0.2, -0.15) is 0 Å². The Bertz CT molecular complexity index is 1210. The average molecular weight is 433 g/mol. The van der Waals surface area contributed by atoms with Crippen LogP contribution in [-0.2, 0) is 10.0 Å². The van der Waals surface area contributed by atoms with Gasteiger partial charge in [-0.1, -0.05) is 6.07 Å². The standard InChI is InChI=1S/C20H21F2N5O2S/c1-11-2-4-14(10-24-11)30(28,29)27-17-7-5-15(21)18(19(17)22)12-3-6-16-13(8-12)9-25-20(23)26-16/h3,5-9,11,14,24,27H,2,4,10H2,1H3,(H2,23,25,26). The lowest BCUT2D eigenvalue weighted by Gasteiger charge is -2.27. The summed E-state index contributed by atoms with van der Waals surface area (Å²) in [5, 5.41) is 2.97. The molecular formula is C20H21F2N5O2S. The van der Waals surface area contributed by atoms with Crippen LogP contribution in [0, 0.1) is 11.6 Å². The summed E-state index contributed by atoms with van der Waals surface area (Å²) in [5.74, 6) is -1.69. The molecule has 2 unspecified atom stereocenters. The van der Waals surface area contributed by atoms with Crippen molar-refractivity contribution in [2.24, 2.45) is 0 Å². The van der Waals surface area contributed by atoms with Crippen LogP contribution in [-0.4, -0.2) is 36.2 Å². The third-order valence-electron chi connectivity index (χ3n) is 5.28. The molecule has 0 bridgehead atoms. The van der Waals surface area contributed by atoms with Crippen molar-refractivity contribution in [1.29, 1.82) is 0 Å². The Hall–Kier alpha value is -2.85.